The SMILES string of the molecule is CCC(C)CC(C)NS(=O)(=O)c1ccc(CN)c(C)c1. The van der Waals surface area contributed by atoms with Gasteiger partial charge in [0.15, 0.2) is 0 Å². The van der Waals surface area contributed by atoms with E-state index in [1.165, 1.54) is 0 Å². The Morgan fingerprint density at radius 2 is 1.95 bits per heavy atom. The van der Waals surface area contributed by atoms with Crippen molar-refractivity contribution in [2.75, 3.05) is 0 Å². The van der Waals surface area contributed by atoms with Gasteiger partial charge in [0, 0.05) is 12.6 Å². The molecule has 0 amide bonds. The number of hydrogen-bond acceptors (Lipinski definition) is 3. The minimum Gasteiger partial charge on any atom is -0.326 e. The second kappa shape index (κ2) is 7.20. The van der Waals surface area contributed by atoms with Gasteiger partial charge in [-0.2, -0.15) is 0 Å². The maximum atomic E-state index is 12.3. The molecule has 4 nitrogen and oxygen atoms in total. The Morgan fingerprint density at radius 1 is 1.30 bits per heavy atom. The zero-order valence-electron chi connectivity index (χ0n) is 12.8. The van der Waals surface area contributed by atoms with Crippen LogP contribution in [0.2, 0.25) is 0 Å². The van der Waals surface area contributed by atoms with Gasteiger partial charge < -0.3 is 5.73 Å². The van der Waals surface area contributed by atoms with Gasteiger partial charge in [0.2, 0.25) is 10.0 Å². The van der Waals surface area contributed by atoms with Gasteiger partial charge in [-0.15, -0.1) is 0 Å². The zero-order chi connectivity index (χ0) is 15.3. The van der Waals surface area contributed by atoms with Gasteiger partial charge in [0.25, 0.3) is 0 Å². The van der Waals surface area contributed by atoms with Crippen molar-refractivity contribution in [3.8, 4) is 0 Å². The summed E-state index contributed by atoms with van der Waals surface area (Å²) in [7, 11) is -3.45. The fourth-order valence-electron chi connectivity index (χ4n) is 2.22. The predicted octanol–water partition coefficient (Wildman–Crippen LogP) is 2.56. The lowest BCUT2D eigenvalue weighted by Gasteiger charge is -2.18. The summed E-state index contributed by atoms with van der Waals surface area (Å²) in [4.78, 5) is 0.309. The predicted molar refractivity (Wildman–Crippen MR) is 82.9 cm³/mol. The number of rotatable bonds is 7. The summed E-state index contributed by atoms with van der Waals surface area (Å²) < 4.78 is 27.4. The molecular weight excluding hydrogens is 272 g/mol. The van der Waals surface area contributed by atoms with E-state index in [0.717, 1.165) is 24.0 Å². The summed E-state index contributed by atoms with van der Waals surface area (Å²) in [6.45, 7) is 8.45. The Kier molecular flexibility index (Phi) is 6.17. The van der Waals surface area contributed by atoms with Crippen molar-refractivity contribution >= 4 is 10.0 Å². The van der Waals surface area contributed by atoms with Crippen LogP contribution in [0, 0.1) is 12.8 Å². The molecule has 0 bridgehead atoms. The average molecular weight is 298 g/mol. The number of nitrogens with one attached hydrogen (secondary N) is 1. The van der Waals surface area contributed by atoms with Crippen LogP contribution in [0.1, 0.15) is 44.7 Å². The van der Waals surface area contributed by atoms with E-state index in [0.29, 0.717) is 17.4 Å². The molecule has 0 heterocycles. The van der Waals surface area contributed by atoms with E-state index < -0.39 is 10.0 Å². The number of nitrogens with two attached hydrogens (primary N) is 1. The molecule has 0 saturated heterocycles. The summed E-state index contributed by atoms with van der Waals surface area (Å²) in [5.74, 6) is 0.508. The smallest absolute Gasteiger partial charge is 0.240 e. The Hall–Kier alpha value is -0.910. The van der Waals surface area contributed by atoms with Crippen LogP contribution >= 0.6 is 0 Å². The van der Waals surface area contributed by atoms with Gasteiger partial charge in [0.1, 0.15) is 0 Å². The molecule has 0 spiro atoms. The highest BCUT2D eigenvalue weighted by molar-refractivity contribution is 7.89. The van der Waals surface area contributed by atoms with E-state index in [4.69, 9.17) is 5.73 Å². The number of aryl methyl sites for hydroxylation is 1. The molecule has 5 heteroatoms. The lowest BCUT2D eigenvalue weighted by Crippen LogP contribution is -2.33. The van der Waals surface area contributed by atoms with Crippen LogP contribution < -0.4 is 10.5 Å². The van der Waals surface area contributed by atoms with Crippen LogP contribution in [0.5, 0.6) is 0 Å². The van der Waals surface area contributed by atoms with Crippen molar-refractivity contribution in [1.82, 2.24) is 4.72 Å². The topological polar surface area (TPSA) is 72.2 Å². The first kappa shape index (κ1) is 17.1. The fraction of sp³-hybridized carbons (Fsp3) is 0.600. The van der Waals surface area contributed by atoms with Gasteiger partial charge >= 0.3 is 0 Å². The highest BCUT2D eigenvalue weighted by Gasteiger charge is 2.19. The van der Waals surface area contributed by atoms with Crippen molar-refractivity contribution in [3.63, 3.8) is 0 Å². The zero-order valence-corrected chi connectivity index (χ0v) is 13.6. The van der Waals surface area contributed by atoms with E-state index in [1.807, 2.05) is 13.8 Å². The van der Waals surface area contributed by atoms with Gasteiger partial charge in [-0.05, 0) is 49.4 Å². The van der Waals surface area contributed by atoms with Crippen LogP contribution in [0.3, 0.4) is 0 Å². The third-order valence-corrected chi connectivity index (χ3v) is 5.24. The first-order valence-corrected chi connectivity index (χ1v) is 8.60. The Bertz CT molecular complexity index is 541. The van der Waals surface area contributed by atoms with Crippen LogP contribution in [-0.4, -0.2) is 14.5 Å². The van der Waals surface area contributed by atoms with E-state index in [2.05, 4.69) is 18.6 Å². The Morgan fingerprint density at radius 3 is 2.45 bits per heavy atom. The molecule has 0 fully saturated rings. The lowest BCUT2D eigenvalue weighted by atomic mass is 10.0. The number of hydrogen-bond donors (Lipinski definition) is 2. The van der Waals surface area contributed by atoms with Crippen molar-refractivity contribution in [2.45, 2.75) is 58.0 Å². The molecule has 1 aromatic carbocycles. The molecule has 0 aliphatic rings. The molecule has 3 N–H and O–H groups in total. The molecule has 0 saturated carbocycles. The molecule has 0 aromatic heterocycles. The van der Waals surface area contributed by atoms with Crippen molar-refractivity contribution < 1.29 is 8.42 Å². The van der Waals surface area contributed by atoms with E-state index in [9.17, 15) is 8.42 Å². The number of sulfonamides is 1. The molecule has 114 valence electrons. The molecule has 0 radical (unpaired) electrons. The standard InChI is InChI=1S/C15H26N2O2S/c1-5-11(2)8-13(4)17-20(18,19)15-7-6-14(10-16)12(3)9-15/h6-7,9,11,13,17H,5,8,10,16H2,1-4H3. The molecule has 2 atom stereocenters. The van der Waals surface area contributed by atoms with Crippen molar-refractivity contribution in [1.29, 1.82) is 0 Å². The maximum Gasteiger partial charge on any atom is 0.240 e. The van der Waals surface area contributed by atoms with Crippen LogP contribution in [-0.2, 0) is 16.6 Å². The molecule has 20 heavy (non-hydrogen) atoms. The fourth-order valence-corrected chi connectivity index (χ4v) is 3.56. The molecule has 1 rings (SSSR count). The van der Waals surface area contributed by atoms with Crippen LogP contribution in [0.25, 0.3) is 0 Å². The molecule has 1 aromatic rings. The summed E-state index contributed by atoms with van der Waals surface area (Å²) in [6, 6.07) is 5.02. The van der Waals surface area contributed by atoms with Gasteiger partial charge in [-0.3, -0.25) is 0 Å². The average Bonchev–Trinajstić information content (AvgIpc) is 2.37. The highest BCUT2D eigenvalue weighted by atomic mass is 32.2. The first-order chi connectivity index (χ1) is 9.30. The van der Waals surface area contributed by atoms with Crippen molar-refractivity contribution in [2.24, 2.45) is 11.7 Å². The Balaban J connectivity index is 2.86. The van der Waals surface area contributed by atoms with Crippen molar-refractivity contribution in [3.05, 3.63) is 29.3 Å². The first-order valence-electron chi connectivity index (χ1n) is 7.12. The number of benzene rings is 1. The van der Waals surface area contributed by atoms with Crippen LogP contribution in [0.15, 0.2) is 23.1 Å². The Labute approximate surface area is 122 Å². The second-order valence-corrected chi connectivity index (χ2v) is 7.28. The minimum absolute atomic E-state index is 0.0653. The summed E-state index contributed by atoms with van der Waals surface area (Å²) in [5.41, 5.74) is 7.47. The third-order valence-electron chi connectivity index (χ3n) is 3.65. The highest BCUT2D eigenvalue weighted by Crippen LogP contribution is 2.17. The van der Waals surface area contributed by atoms with Gasteiger partial charge in [-0.25, -0.2) is 13.1 Å². The quantitative estimate of drug-likeness (QED) is 0.812. The normalized spacial score (nSPS) is 15.1. The third kappa shape index (κ3) is 4.58. The van der Waals surface area contributed by atoms with E-state index >= 15 is 0 Å². The summed E-state index contributed by atoms with van der Waals surface area (Å²) >= 11 is 0. The molecule has 0 aliphatic heterocycles. The monoisotopic (exact) mass is 298 g/mol. The summed E-state index contributed by atoms with van der Waals surface area (Å²) in [5, 5.41) is 0. The lowest BCUT2D eigenvalue weighted by molar-refractivity contribution is 0.445. The van der Waals surface area contributed by atoms with E-state index in [1.54, 1.807) is 18.2 Å². The van der Waals surface area contributed by atoms with Crippen LogP contribution in [0.4, 0.5) is 0 Å². The molecule has 2 unspecified atom stereocenters. The van der Waals surface area contributed by atoms with Gasteiger partial charge in [0.05, 0.1) is 4.90 Å². The largest absolute Gasteiger partial charge is 0.326 e. The summed E-state index contributed by atoms with van der Waals surface area (Å²) in [6.07, 6.45) is 1.89. The van der Waals surface area contributed by atoms with E-state index in [-0.39, 0.29) is 6.04 Å². The molecular formula is C15H26N2O2S. The van der Waals surface area contributed by atoms with Gasteiger partial charge in [-0.1, -0.05) is 26.3 Å². The molecule has 0 aliphatic carbocycles. The second-order valence-electron chi connectivity index (χ2n) is 5.56. The maximum absolute atomic E-state index is 12.3. The minimum atomic E-state index is -3.45.